The average molecular weight is 304 g/mol. The van der Waals surface area contributed by atoms with Crippen molar-refractivity contribution in [2.75, 3.05) is 0 Å². The van der Waals surface area contributed by atoms with Crippen molar-refractivity contribution < 1.29 is 9.90 Å². The molecule has 6 heteroatoms. The molecule has 1 aromatic carbocycles. The summed E-state index contributed by atoms with van der Waals surface area (Å²) in [5.41, 5.74) is 0.279. The number of carbonyl (C=O) groups is 1. The molecule has 0 saturated carbocycles. The Morgan fingerprint density at radius 2 is 2.21 bits per heavy atom. The van der Waals surface area contributed by atoms with Gasteiger partial charge in [-0.2, -0.15) is 4.57 Å². The summed E-state index contributed by atoms with van der Waals surface area (Å²) in [7, 11) is 0. The second-order valence-electron chi connectivity index (χ2n) is 2.71. The molecule has 2 aromatic rings. The van der Waals surface area contributed by atoms with E-state index in [1.54, 1.807) is 18.2 Å². The van der Waals surface area contributed by atoms with Crippen molar-refractivity contribution in [3.8, 4) is 0 Å². The van der Waals surface area contributed by atoms with Gasteiger partial charge in [-0.05, 0) is 40.8 Å². The van der Waals surface area contributed by atoms with Crippen molar-refractivity contribution in [2.45, 2.75) is 0 Å². The number of H-pyrrole nitrogens is 1. The number of carboxylic acid groups (broad SMARTS) is 1. The van der Waals surface area contributed by atoms with Gasteiger partial charge in [-0.1, -0.05) is 0 Å². The van der Waals surface area contributed by atoms with E-state index in [1.807, 2.05) is 0 Å². The van der Waals surface area contributed by atoms with Gasteiger partial charge in [0.25, 0.3) is 0 Å². The monoisotopic (exact) mass is 304 g/mol. The Balaban J connectivity index is 2.91. The zero-order valence-corrected chi connectivity index (χ0v) is 8.98. The second-order valence-corrected chi connectivity index (χ2v) is 3.96. The number of nitrogens with one attached hydrogen (secondary N) is 1. The largest absolute Gasteiger partial charge is 0.464 e. The van der Waals surface area contributed by atoms with Crippen molar-refractivity contribution in [1.82, 2.24) is 9.55 Å². The highest BCUT2D eigenvalue weighted by Crippen LogP contribution is 2.13. The number of rotatable bonds is 0. The molecule has 5 nitrogen and oxygen atoms in total. The van der Waals surface area contributed by atoms with Crippen molar-refractivity contribution in [2.24, 2.45) is 0 Å². The number of hydrogen-bond donors (Lipinski definition) is 2. The predicted octanol–water partition coefficient (Wildman–Crippen LogP) is 1.46. The van der Waals surface area contributed by atoms with Crippen molar-refractivity contribution in [3.05, 3.63) is 32.3 Å². The highest BCUT2D eigenvalue weighted by Gasteiger charge is 2.11. The molecule has 72 valence electrons. The molecule has 0 fully saturated rings. The highest BCUT2D eigenvalue weighted by molar-refractivity contribution is 14.1. The summed E-state index contributed by atoms with van der Waals surface area (Å²) < 4.78 is 1.62. The third-order valence-electron chi connectivity index (χ3n) is 1.84. The number of benzene rings is 1. The number of fused-ring (bicyclic) bond motifs is 1. The summed E-state index contributed by atoms with van der Waals surface area (Å²) >= 11 is 2.09. The summed E-state index contributed by atoms with van der Waals surface area (Å²) in [6, 6.07) is 5.06. The van der Waals surface area contributed by atoms with E-state index in [0.29, 0.717) is 15.6 Å². The molecular weight excluding hydrogens is 299 g/mol. The van der Waals surface area contributed by atoms with Crippen LogP contribution in [0.5, 0.6) is 0 Å². The third kappa shape index (κ3) is 1.31. The molecule has 0 aliphatic rings. The molecule has 0 bridgehead atoms. The second kappa shape index (κ2) is 3.12. The molecule has 0 radical (unpaired) electrons. The van der Waals surface area contributed by atoms with Crippen LogP contribution in [0.3, 0.4) is 0 Å². The van der Waals surface area contributed by atoms with Crippen LogP contribution in [0.25, 0.3) is 11.0 Å². The van der Waals surface area contributed by atoms with Crippen LogP contribution < -0.4 is 5.69 Å². The summed E-state index contributed by atoms with van der Waals surface area (Å²) in [6.45, 7) is 0. The fourth-order valence-corrected chi connectivity index (χ4v) is 1.76. The molecule has 0 aliphatic carbocycles. The van der Waals surface area contributed by atoms with E-state index in [9.17, 15) is 9.59 Å². The Kier molecular flexibility index (Phi) is 2.06. The molecule has 2 rings (SSSR count). The van der Waals surface area contributed by atoms with Crippen LogP contribution >= 0.6 is 22.6 Å². The van der Waals surface area contributed by atoms with Gasteiger partial charge in [0.1, 0.15) is 0 Å². The van der Waals surface area contributed by atoms with E-state index in [4.69, 9.17) is 5.11 Å². The van der Waals surface area contributed by atoms with Gasteiger partial charge >= 0.3 is 11.8 Å². The molecule has 1 aromatic heterocycles. The van der Waals surface area contributed by atoms with E-state index in [2.05, 4.69) is 27.6 Å². The summed E-state index contributed by atoms with van der Waals surface area (Å²) in [4.78, 5) is 24.4. The molecule has 0 unspecified atom stereocenters. The molecular formula is C8H5IN2O3. The number of nitrogens with zero attached hydrogens (tertiary/aromatic N) is 1. The van der Waals surface area contributed by atoms with Crippen LogP contribution in [0.1, 0.15) is 0 Å². The zero-order chi connectivity index (χ0) is 10.3. The predicted molar refractivity (Wildman–Crippen MR) is 58.7 cm³/mol. The summed E-state index contributed by atoms with van der Waals surface area (Å²) in [6.07, 6.45) is -1.28. The fourth-order valence-electron chi connectivity index (χ4n) is 1.27. The number of halogens is 1. The van der Waals surface area contributed by atoms with Gasteiger partial charge in [-0.25, -0.2) is 9.59 Å². The average Bonchev–Trinajstić information content (AvgIpc) is 2.39. The smallest absolute Gasteiger partial charge is 0.420 e. The Morgan fingerprint density at radius 3 is 2.86 bits per heavy atom. The van der Waals surface area contributed by atoms with Crippen LogP contribution in [0.15, 0.2) is 23.0 Å². The number of aromatic nitrogens is 2. The van der Waals surface area contributed by atoms with E-state index in [-0.39, 0.29) is 0 Å². The summed E-state index contributed by atoms with van der Waals surface area (Å²) in [5.74, 6) is 0. The van der Waals surface area contributed by atoms with Gasteiger partial charge < -0.3 is 10.1 Å². The van der Waals surface area contributed by atoms with Crippen LogP contribution in [-0.4, -0.2) is 20.8 Å². The lowest BCUT2D eigenvalue weighted by molar-refractivity contribution is 0.196. The Hall–Kier alpha value is -1.31. The molecule has 2 N–H and O–H groups in total. The number of aromatic amines is 1. The highest BCUT2D eigenvalue weighted by atomic mass is 127. The number of hydrogen-bond acceptors (Lipinski definition) is 2. The molecule has 0 aliphatic heterocycles. The molecule has 0 amide bonds. The maximum Gasteiger partial charge on any atom is 0.420 e. The van der Waals surface area contributed by atoms with E-state index >= 15 is 0 Å². The third-order valence-corrected chi connectivity index (χ3v) is 2.51. The molecule has 0 atom stereocenters. The van der Waals surface area contributed by atoms with Crippen LogP contribution in [0, 0.1) is 3.57 Å². The number of imidazole rings is 1. The topological polar surface area (TPSA) is 75.1 Å². The van der Waals surface area contributed by atoms with Gasteiger partial charge in [0.05, 0.1) is 11.0 Å². The van der Waals surface area contributed by atoms with Crippen LogP contribution in [-0.2, 0) is 0 Å². The maximum atomic E-state index is 11.2. The lowest BCUT2D eigenvalue weighted by Crippen LogP contribution is -2.22. The molecule has 0 saturated heterocycles. The van der Waals surface area contributed by atoms with E-state index in [1.165, 1.54) is 0 Å². The van der Waals surface area contributed by atoms with Gasteiger partial charge in [-0.15, -0.1) is 0 Å². The Morgan fingerprint density at radius 1 is 1.50 bits per heavy atom. The first kappa shape index (κ1) is 9.25. The lowest BCUT2D eigenvalue weighted by Gasteiger charge is -1.94. The van der Waals surface area contributed by atoms with E-state index in [0.717, 1.165) is 3.57 Å². The first-order valence-electron chi connectivity index (χ1n) is 3.73. The van der Waals surface area contributed by atoms with Gasteiger partial charge in [0.2, 0.25) is 0 Å². The van der Waals surface area contributed by atoms with Crippen molar-refractivity contribution in [1.29, 1.82) is 0 Å². The summed E-state index contributed by atoms with van der Waals surface area (Å²) in [5, 5.41) is 8.76. The minimum Gasteiger partial charge on any atom is -0.464 e. The van der Waals surface area contributed by atoms with Crippen LogP contribution in [0.4, 0.5) is 4.79 Å². The normalized spacial score (nSPS) is 10.6. The minimum absolute atomic E-state index is 0.378. The minimum atomic E-state index is -1.28. The van der Waals surface area contributed by atoms with Gasteiger partial charge in [-0.3, -0.25) is 0 Å². The fraction of sp³-hybridized carbons (Fsp3) is 0. The first-order chi connectivity index (χ1) is 6.59. The molecule has 14 heavy (non-hydrogen) atoms. The van der Waals surface area contributed by atoms with Crippen molar-refractivity contribution >= 4 is 39.7 Å². The van der Waals surface area contributed by atoms with Crippen LogP contribution in [0.2, 0.25) is 0 Å². The van der Waals surface area contributed by atoms with Gasteiger partial charge in [0, 0.05) is 3.57 Å². The maximum absolute atomic E-state index is 11.2. The Bertz CT molecular complexity index is 569. The molecule has 0 spiro atoms. The van der Waals surface area contributed by atoms with Crippen molar-refractivity contribution in [3.63, 3.8) is 0 Å². The standard InChI is InChI=1S/C8H5IN2O3/c9-4-1-2-6-5(3-4)10-7(12)11(6)8(13)14/h1-3H,(H,10,12)(H,13,14). The quantitative estimate of drug-likeness (QED) is 0.724. The SMILES string of the molecule is O=C(O)n1c(=O)[nH]c2cc(I)ccc21. The van der Waals surface area contributed by atoms with E-state index < -0.39 is 11.8 Å². The lowest BCUT2D eigenvalue weighted by atomic mass is 10.3. The Labute approximate surface area is 91.5 Å². The van der Waals surface area contributed by atoms with Gasteiger partial charge in [0.15, 0.2) is 0 Å². The molecule has 1 heterocycles. The zero-order valence-electron chi connectivity index (χ0n) is 6.82. The first-order valence-corrected chi connectivity index (χ1v) is 4.81.